The Kier molecular flexibility index (Phi) is 4.32. The highest BCUT2D eigenvalue weighted by molar-refractivity contribution is 6.18. The number of alkyl halides is 1. The van der Waals surface area contributed by atoms with Crippen LogP contribution in [0.2, 0.25) is 0 Å². The molecule has 112 valence electrons. The summed E-state index contributed by atoms with van der Waals surface area (Å²) in [5.74, 6) is 1.16. The summed E-state index contributed by atoms with van der Waals surface area (Å²) < 4.78 is 11.9. The molecule has 0 spiro atoms. The van der Waals surface area contributed by atoms with Crippen molar-refractivity contribution in [1.29, 1.82) is 0 Å². The van der Waals surface area contributed by atoms with Crippen LogP contribution < -0.4 is 4.74 Å². The second kappa shape index (κ2) is 6.20. The van der Waals surface area contributed by atoms with Gasteiger partial charge in [0.2, 0.25) is 5.88 Å². The van der Waals surface area contributed by atoms with Gasteiger partial charge in [-0.1, -0.05) is 18.2 Å². The number of fused-ring (bicyclic) bond motifs is 1. The molecular formula is C17H20ClNO2. The molecule has 1 aromatic carbocycles. The second-order valence-corrected chi connectivity index (χ2v) is 6.00. The van der Waals surface area contributed by atoms with Crippen LogP contribution in [0.1, 0.15) is 32.3 Å². The highest BCUT2D eigenvalue weighted by atomic mass is 35.5. The Morgan fingerprint density at radius 2 is 1.86 bits per heavy atom. The van der Waals surface area contributed by atoms with Gasteiger partial charge in [-0.15, -0.1) is 11.6 Å². The van der Waals surface area contributed by atoms with E-state index in [9.17, 15) is 0 Å². The van der Waals surface area contributed by atoms with E-state index in [2.05, 4.69) is 24.9 Å². The van der Waals surface area contributed by atoms with Gasteiger partial charge in [0.15, 0.2) is 0 Å². The van der Waals surface area contributed by atoms with Crippen LogP contribution in [0.15, 0.2) is 30.5 Å². The van der Waals surface area contributed by atoms with Crippen molar-refractivity contribution in [2.45, 2.75) is 50.9 Å². The zero-order chi connectivity index (χ0) is 14.8. The van der Waals surface area contributed by atoms with Gasteiger partial charge in [-0.3, -0.25) is 0 Å². The monoisotopic (exact) mass is 305 g/mol. The minimum absolute atomic E-state index is 0.154. The van der Waals surface area contributed by atoms with Crippen LogP contribution in [0.4, 0.5) is 0 Å². The van der Waals surface area contributed by atoms with E-state index in [1.54, 1.807) is 0 Å². The Labute approximate surface area is 130 Å². The Hall–Kier alpha value is -1.32. The van der Waals surface area contributed by atoms with E-state index in [4.69, 9.17) is 21.1 Å². The number of aromatic nitrogens is 1. The first-order valence-corrected chi connectivity index (χ1v) is 7.95. The van der Waals surface area contributed by atoms with Gasteiger partial charge in [-0.25, -0.2) is 4.98 Å². The third-order valence-corrected chi connectivity index (χ3v) is 4.21. The SMILES string of the molecule is CC1CC(Oc2ncc(CCl)c3ccccc23)CC(C)O1. The van der Waals surface area contributed by atoms with Crippen molar-refractivity contribution >= 4 is 22.4 Å². The number of hydrogen-bond acceptors (Lipinski definition) is 3. The largest absolute Gasteiger partial charge is 0.474 e. The number of pyridine rings is 1. The van der Waals surface area contributed by atoms with Crippen molar-refractivity contribution in [2.75, 3.05) is 0 Å². The Balaban J connectivity index is 1.90. The number of benzene rings is 1. The molecule has 1 fully saturated rings. The minimum Gasteiger partial charge on any atom is -0.474 e. The van der Waals surface area contributed by atoms with E-state index in [1.807, 2.05) is 24.4 Å². The quantitative estimate of drug-likeness (QED) is 0.792. The van der Waals surface area contributed by atoms with Gasteiger partial charge < -0.3 is 9.47 Å². The Bertz CT molecular complexity index is 621. The summed E-state index contributed by atoms with van der Waals surface area (Å²) in [6.45, 7) is 4.18. The first-order valence-electron chi connectivity index (χ1n) is 7.42. The summed E-state index contributed by atoms with van der Waals surface area (Å²) in [6.07, 6.45) is 4.23. The molecule has 2 unspecified atom stereocenters. The minimum atomic E-state index is 0.154. The highest BCUT2D eigenvalue weighted by Gasteiger charge is 2.26. The number of halogens is 1. The third-order valence-electron chi connectivity index (χ3n) is 3.92. The number of nitrogens with zero attached hydrogens (tertiary/aromatic N) is 1. The van der Waals surface area contributed by atoms with Crippen LogP contribution >= 0.6 is 11.6 Å². The van der Waals surface area contributed by atoms with Gasteiger partial charge in [0.25, 0.3) is 0 Å². The van der Waals surface area contributed by atoms with Crippen molar-refractivity contribution in [3.63, 3.8) is 0 Å². The standard InChI is InChI=1S/C17H20ClNO2/c1-11-7-14(8-12(2)20-11)21-17-16-6-4-3-5-15(16)13(9-18)10-19-17/h3-6,10-12,14H,7-9H2,1-2H3. The molecule has 1 aliphatic rings. The number of hydrogen-bond donors (Lipinski definition) is 0. The summed E-state index contributed by atoms with van der Waals surface area (Å²) in [6, 6.07) is 8.13. The van der Waals surface area contributed by atoms with Gasteiger partial charge in [-0.2, -0.15) is 0 Å². The molecule has 1 aromatic heterocycles. The van der Waals surface area contributed by atoms with Crippen LogP contribution in [-0.2, 0) is 10.6 Å². The first kappa shape index (κ1) is 14.6. The van der Waals surface area contributed by atoms with E-state index in [1.165, 1.54) is 0 Å². The van der Waals surface area contributed by atoms with Crippen molar-refractivity contribution in [2.24, 2.45) is 0 Å². The van der Waals surface area contributed by atoms with Crippen LogP contribution in [0.3, 0.4) is 0 Å². The van der Waals surface area contributed by atoms with Gasteiger partial charge in [0, 0.05) is 30.3 Å². The lowest BCUT2D eigenvalue weighted by molar-refractivity contribution is -0.0726. The lowest BCUT2D eigenvalue weighted by atomic mass is 10.0. The molecule has 2 aromatic rings. The maximum Gasteiger partial charge on any atom is 0.221 e. The van der Waals surface area contributed by atoms with E-state index in [0.717, 1.165) is 29.2 Å². The molecular weight excluding hydrogens is 286 g/mol. The fraction of sp³-hybridized carbons (Fsp3) is 0.471. The predicted octanol–water partition coefficient (Wildman–Crippen LogP) is 4.31. The van der Waals surface area contributed by atoms with Crippen molar-refractivity contribution in [3.05, 3.63) is 36.0 Å². The molecule has 2 atom stereocenters. The predicted molar refractivity (Wildman–Crippen MR) is 85.0 cm³/mol. The molecule has 1 aliphatic heterocycles. The molecule has 21 heavy (non-hydrogen) atoms. The summed E-state index contributed by atoms with van der Waals surface area (Å²) in [4.78, 5) is 4.47. The Morgan fingerprint density at radius 1 is 1.19 bits per heavy atom. The molecule has 0 N–H and O–H groups in total. The summed E-state index contributed by atoms with van der Waals surface area (Å²) in [5, 5.41) is 2.15. The van der Waals surface area contributed by atoms with E-state index >= 15 is 0 Å². The Morgan fingerprint density at radius 3 is 2.52 bits per heavy atom. The van der Waals surface area contributed by atoms with Crippen molar-refractivity contribution in [1.82, 2.24) is 4.98 Å². The fourth-order valence-corrected chi connectivity index (χ4v) is 3.24. The smallest absolute Gasteiger partial charge is 0.221 e. The fourth-order valence-electron chi connectivity index (χ4n) is 3.02. The molecule has 0 amide bonds. The molecule has 1 saturated heterocycles. The number of ether oxygens (including phenoxy) is 2. The second-order valence-electron chi connectivity index (χ2n) is 5.74. The molecule has 4 heteroatoms. The van der Waals surface area contributed by atoms with Crippen LogP contribution in [-0.4, -0.2) is 23.3 Å². The van der Waals surface area contributed by atoms with Crippen molar-refractivity contribution in [3.8, 4) is 5.88 Å². The summed E-state index contributed by atoms with van der Waals surface area (Å²) >= 11 is 5.99. The van der Waals surface area contributed by atoms with Crippen LogP contribution in [0.5, 0.6) is 5.88 Å². The maximum absolute atomic E-state index is 6.17. The molecule has 3 nitrogen and oxygen atoms in total. The lowest BCUT2D eigenvalue weighted by Crippen LogP contribution is -2.35. The van der Waals surface area contributed by atoms with Crippen LogP contribution in [0.25, 0.3) is 10.8 Å². The van der Waals surface area contributed by atoms with E-state index in [-0.39, 0.29) is 18.3 Å². The van der Waals surface area contributed by atoms with Crippen molar-refractivity contribution < 1.29 is 9.47 Å². The average molecular weight is 306 g/mol. The molecule has 2 heterocycles. The van der Waals surface area contributed by atoms with Gasteiger partial charge >= 0.3 is 0 Å². The normalized spacial score (nSPS) is 26.0. The summed E-state index contributed by atoms with van der Waals surface area (Å²) in [7, 11) is 0. The zero-order valence-electron chi connectivity index (χ0n) is 12.4. The van der Waals surface area contributed by atoms with E-state index < -0.39 is 0 Å². The molecule has 0 aliphatic carbocycles. The molecule has 0 saturated carbocycles. The van der Waals surface area contributed by atoms with E-state index in [0.29, 0.717) is 11.8 Å². The molecule has 0 bridgehead atoms. The van der Waals surface area contributed by atoms with Gasteiger partial charge in [0.1, 0.15) is 6.10 Å². The summed E-state index contributed by atoms with van der Waals surface area (Å²) in [5.41, 5.74) is 1.04. The van der Waals surface area contributed by atoms with Gasteiger partial charge in [0.05, 0.1) is 12.2 Å². The topological polar surface area (TPSA) is 31.4 Å². The zero-order valence-corrected chi connectivity index (χ0v) is 13.1. The molecule has 3 rings (SSSR count). The van der Waals surface area contributed by atoms with Gasteiger partial charge in [-0.05, 0) is 30.9 Å². The van der Waals surface area contributed by atoms with Crippen LogP contribution in [0, 0.1) is 0 Å². The first-order chi connectivity index (χ1) is 10.2. The number of rotatable bonds is 3. The lowest BCUT2D eigenvalue weighted by Gasteiger charge is -2.32. The third kappa shape index (κ3) is 3.14. The molecule has 0 radical (unpaired) electrons. The maximum atomic E-state index is 6.17. The average Bonchev–Trinajstić information content (AvgIpc) is 2.46. The highest BCUT2D eigenvalue weighted by Crippen LogP contribution is 2.30.